The highest BCUT2D eigenvalue weighted by Gasteiger charge is 2.06. The van der Waals surface area contributed by atoms with Crippen molar-refractivity contribution < 1.29 is 14.3 Å². The van der Waals surface area contributed by atoms with Crippen LogP contribution in [0.5, 0.6) is 5.75 Å². The molecule has 0 aliphatic carbocycles. The van der Waals surface area contributed by atoms with Gasteiger partial charge in [0, 0.05) is 6.42 Å². The van der Waals surface area contributed by atoms with Crippen molar-refractivity contribution in [1.29, 1.82) is 0 Å². The van der Waals surface area contributed by atoms with Gasteiger partial charge < -0.3 is 14.3 Å². The molecule has 0 atom stereocenters. The predicted molar refractivity (Wildman–Crippen MR) is 60.6 cm³/mol. The molecule has 17 heavy (non-hydrogen) atoms. The second kappa shape index (κ2) is 5.45. The van der Waals surface area contributed by atoms with Crippen molar-refractivity contribution in [1.82, 2.24) is 10.2 Å². The van der Waals surface area contributed by atoms with Crippen LogP contribution >= 0.6 is 0 Å². The van der Waals surface area contributed by atoms with Gasteiger partial charge in [0.25, 0.3) is 5.89 Å². The fourth-order valence-corrected chi connectivity index (χ4v) is 1.39. The minimum atomic E-state index is 0.000368. The number of hydrogen-bond donors (Lipinski definition) is 1. The second-order valence-corrected chi connectivity index (χ2v) is 3.67. The van der Waals surface area contributed by atoms with Gasteiger partial charge in [-0.1, -0.05) is 12.1 Å². The van der Waals surface area contributed by atoms with E-state index in [-0.39, 0.29) is 13.2 Å². The van der Waals surface area contributed by atoms with Crippen LogP contribution in [0.3, 0.4) is 0 Å². The fraction of sp³-hybridized carbons (Fsp3) is 0.333. The Bertz CT molecular complexity index is 482. The number of ether oxygens (including phenoxy) is 1. The maximum absolute atomic E-state index is 8.71. The smallest absolute Gasteiger partial charge is 0.253 e. The number of aromatic nitrogens is 2. The van der Waals surface area contributed by atoms with E-state index in [0.29, 0.717) is 18.2 Å². The number of benzene rings is 1. The fourth-order valence-electron chi connectivity index (χ4n) is 1.39. The Morgan fingerprint density at radius 1 is 1.29 bits per heavy atom. The van der Waals surface area contributed by atoms with Crippen molar-refractivity contribution in [3.05, 3.63) is 41.6 Å². The van der Waals surface area contributed by atoms with Crippen LogP contribution < -0.4 is 4.74 Å². The molecule has 0 saturated heterocycles. The summed E-state index contributed by atoms with van der Waals surface area (Å²) < 4.78 is 10.8. The van der Waals surface area contributed by atoms with Gasteiger partial charge in [-0.2, -0.15) is 0 Å². The van der Waals surface area contributed by atoms with Crippen LogP contribution in [0.15, 0.2) is 28.7 Å². The van der Waals surface area contributed by atoms with E-state index >= 15 is 0 Å². The molecule has 1 heterocycles. The number of aryl methyl sites for hydroxylation is 1. The van der Waals surface area contributed by atoms with E-state index in [0.717, 1.165) is 11.3 Å². The molecule has 90 valence electrons. The highest BCUT2D eigenvalue weighted by Crippen LogP contribution is 2.14. The van der Waals surface area contributed by atoms with Gasteiger partial charge in [-0.15, -0.1) is 10.2 Å². The van der Waals surface area contributed by atoms with E-state index in [1.807, 2.05) is 31.2 Å². The average molecular weight is 234 g/mol. The Hall–Kier alpha value is -1.88. The molecule has 0 aliphatic rings. The largest absolute Gasteiger partial charge is 0.484 e. The molecule has 0 unspecified atom stereocenters. The zero-order chi connectivity index (χ0) is 12.1. The molecule has 0 bridgehead atoms. The molecule has 5 nitrogen and oxygen atoms in total. The first-order chi connectivity index (χ1) is 8.28. The highest BCUT2D eigenvalue weighted by atomic mass is 16.5. The van der Waals surface area contributed by atoms with Crippen molar-refractivity contribution in [2.75, 3.05) is 6.61 Å². The minimum Gasteiger partial charge on any atom is -0.484 e. The summed E-state index contributed by atoms with van der Waals surface area (Å²) in [6.45, 7) is 2.24. The summed E-state index contributed by atoms with van der Waals surface area (Å²) >= 11 is 0. The summed E-state index contributed by atoms with van der Waals surface area (Å²) in [4.78, 5) is 0. The summed E-state index contributed by atoms with van der Waals surface area (Å²) in [6.07, 6.45) is 0.372. The van der Waals surface area contributed by atoms with Gasteiger partial charge in [0.2, 0.25) is 5.89 Å². The standard InChI is InChI=1S/C12H14N2O3/c1-9-3-2-4-10(7-9)16-8-12-14-13-11(17-12)5-6-15/h2-4,7,15H,5-6,8H2,1H3. The monoisotopic (exact) mass is 234 g/mol. The van der Waals surface area contributed by atoms with Crippen molar-refractivity contribution in [2.45, 2.75) is 20.0 Å². The van der Waals surface area contributed by atoms with E-state index in [4.69, 9.17) is 14.3 Å². The molecule has 0 aliphatic heterocycles. The molecule has 0 fully saturated rings. The Kier molecular flexibility index (Phi) is 3.72. The van der Waals surface area contributed by atoms with Crippen LogP contribution in [0.25, 0.3) is 0 Å². The molecule has 0 spiro atoms. The van der Waals surface area contributed by atoms with E-state index in [1.165, 1.54) is 0 Å². The van der Waals surface area contributed by atoms with E-state index in [1.54, 1.807) is 0 Å². The SMILES string of the molecule is Cc1cccc(OCc2nnc(CCO)o2)c1. The third kappa shape index (κ3) is 3.29. The summed E-state index contributed by atoms with van der Waals surface area (Å²) in [5.41, 5.74) is 1.13. The van der Waals surface area contributed by atoms with Gasteiger partial charge in [-0.3, -0.25) is 0 Å². The van der Waals surface area contributed by atoms with Crippen molar-refractivity contribution in [2.24, 2.45) is 0 Å². The van der Waals surface area contributed by atoms with Crippen molar-refractivity contribution >= 4 is 0 Å². The molecule has 1 aromatic heterocycles. The topological polar surface area (TPSA) is 68.4 Å². The highest BCUT2D eigenvalue weighted by molar-refractivity contribution is 5.27. The Labute approximate surface area is 99.1 Å². The van der Waals surface area contributed by atoms with E-state index < -0.39 is 0 Å². The Balaban J connectivity index is 1.93. The number of aliphatic hydroxyl groups excluding tert-OH is 1. The molecular weight excluding hydrogens is 220 g/mol. The first kappa shape index (κ1) is 11.6. The summed E-state index contributed by atoms with van der Waals surface area (Å²) in [5, 5.41) is 16.3. The van der Waals surface area contributed by atoms with Gasteiger partial charge in [0.05, 0.1) is 6.61 Å². The molecule has 0 saturated carbocycles. The summed E-state index contributed by atoms with van der Waals surface area (Å²) in [5.74, 6) is 1.61. The molecule has 2 rings (SSSR count). The summed E-state index contributed by atoms with van der Waals surface area (Å²) in [6, 6.07) is 7.73. The quantitative estimate of drug-likeness (QED) is 0.848. The molecule has 2 aromatic rings. The summed E-state index contributed by atoms with van der Waals surface area (Å²) in [7, 11) is 0. The van der Waals surface area contributed by atoms with E-state index in [9.17, 15) is 0 Å². The predicted octanol–water partition coefficient (Wildman–Crippen LogP) is 1.49. The van der Waals surface area contributed by atoms with Gasteiger partial charge in [0.15, 0.2) is 6.61 Å². The average Bonchev–Trinajstić information content (AvgIpc) is 2.75. The Morgan fingerprint density at radius 3 is 2.88 bits per heavy atom. The van der Waals surface area contributed by atoms with Crippen LogP contribution in [0.4, 0.5) is 0 Å². The zero-order valence-electron chi connectivity index (χ0n) is 9.59. The molecule has 5 heteroatoms. The van der Waals surface area contributed by atoms with Gasteiger partial charge in [-0.25, -0.2) is 0 Å². The lowest BCUT2D eigenvalue weighted by Crippen LogP contribution is -1.95. The van der Waals surface area contributed by atoms with Crippen LogP contribution in [0, 0.1) is 6.92 Å². The van der Waals surface area contributed by atoms with Crippen molar-refractivity contribution in [3.63, 3.8) is 0 Å². The number of rotatable bonds is 5. The molecule has 1 aromatic carbocycles. The van der Waals surface area contributed by atoms with Crippen molar-refractivity contribution in [3.8, 4) is 5.75 Å². The molecular formula is C12H14N2O3. The minimum absolute atomic E-state index is 0.000368. The maximum Gasteiger partial charge on any atom is 0.253 e. The normalized spacial score (nSPS) is 10.5. The zero-order valence-corrected chi connectivity index (χ0v) is 9.59. The number of nitrogens with zero attached hydrogens (tertiary/aromatic N) is 2. The third-order valence-electron chi connectivity index (χ3n) is 2.19. The number of aliphatic hydroxyl groups is 1. The lowest BCUT2D eigenvalue weighted by molar-refractivity contribution is 0.249. The first-order valence-corrected chi connectivity index (χ1v) is 5.39. The van der Waals surface area contributed by atoms with Gasteiger partial charge >= 0.3 is 0 Å². The lowest BCUT2D eigenvalue weighted by Gasteiger charge is -2.03. The molecule has 1 N–H and O–H groups in total. The van der Waals surface area contributed by atoms with Gasteiger partial charge in [-0.05, 0) is 24.6 Å². The van der Waals surface area contributed by atoms with E-state index in [2.05, 4.69) is 10.2 Å². The second-order valence-electron chi connectivity index (χ2n) is 3.67. The van der Waals surface area contributed by atoms with Gasteiger partial charge in [0.1, 0.15) is 5.75 Å². The first-order valence-electron chi connectivity index (χ1n) is 5.39. The van der Waals surface area contributed by atoms with Crippen LogP contribution in [0.2, 0.25) is 0 Å². The number of hydrogen-bond acceptors (Lipinski definition) is 5. The third-order valence-corrected chi connectivity index (χ3v) is 2.19. The van der Waals surface area contributed by atoms with Crippen LogP contribution in [-0.2, 0) is 13.0 Å². The maximum atomic E-state index is 8.71. The molecule has 0 amide bonds. The lowest BCUT2D eigenvalue weighted by atomic mass is 10.2. The Morgan fingerprint density at radius 2 is 2.12 bits per heavy atom. The van der Waals surface area contributed by atoms with Crippen LogP contribution in [-0.4, -0.2) is 21.9 Å². The van der Waals surface area contributed by atoms with Crippen LogP contribution in [0.1, 0.15) is 17.3 Å². The molecule has 0 radical (unpaired) electrons.